The molecule has 0 spiro atoms. The third kappa shape index (κ3) is 2.52. The van der Waals surface area contributed by atoms with Gasteiger partial charge < -0.3 is 9.67 Å². The molecule has 0 aliphatic heterocycles. The monoisotopic (exact) mass is 283 g/mol. The highest BCUT2D eigenvalue weighted by molar-refractivity contribution is 5.94. The second-order valence-corrected chi connectivity index (χ2v) is 5.11. The molecule has 0 bridgehead atoms. The summed E-state index contributed by atoms with van der Waals surface area (Å²) >= 11 is 0. The SMILES string of the molecule is Cc1ccc2c(c1)cc(C(=O)O)n2Cc1cccc(F)c1. The molecule has 3 rings (SSSR count). The summed E-state index contributed by atoms with van der Waals surface area (Å²) in [6, 6.07) is 13.7. The van der Waals surface area contributed by atoms with E-state index in [2.05, 4.69) is 0 Å². The topological polar surface area (TPSA) is 42.2 Å². The fourth-order valence-corrected chi connectivity index (χ4v) is 2.56. The van der Waals surface area contributed by atoms with E-state index in [0.29, 0.717) is 6.54 Å². The highest BCUT2D eigenvalue weighted by atomic mass is 19.1. The molecule has 1 heterocycles. The van der Waals surface area contributed by atoms with E-state index in [1.807, 2.05) is 25.1 Å². The zero-order chi connectivity index (χ0) is 15.0. The van der Waals surface area contributed by atoms with Gasteiger partial charge >= 0.3 is 5.97 Å². The van der Waals surface area contributed by atoms with Gasteiger partial charge in [0.15, 0.2) is 0 Å². The summed E-state index contributed by atoms with van der Waals surface area (Å²) in [6.45, 7) is 2.29. The fourth-order valence-electron chi connectivity index (χ4n) is 2.56. The van der Waals surface area contributed by atoms with Crippen LogP contribution in [0.5, 0.6) is 0 Å². The number of carboxylic acids is 1. The Bertz CT molecular complexity index is 836. The number of benzene rings is 2. The summed E-state index contributed by atoms with van der Waals surface area (Å²) in [5.41, 5.74) is 2.85. The van der Waals surface area contributed by atoms with Crippen LogP contribution in [-0.4, -0.2) is 15.6 Å². The van der Waals surface area contributed by atoms with Crippen LogP contribution in [0, 0.1) is 12.7 Å². The molecule has 0 aliphatic carbocycles. The lowest BCUT2D eigenvalue weighted by molar-refractivity contribution is 0.0686. The van der Waals surface area contributed by atoms with E-state index in [1.54, 1.807) is 22.8 Å². The first kappa shape index (κ1) is 13.4. The standard InChI is InChI=1S/C17H14FNO2/c1-11-5-6-15-13(7-11)9-16(17(20)21)19(15)10-12-3-2-4-14(18)8-12/h2-9H,10H2,1H3,(H,20,21). The predicted molar refractivity (Wildman–Crippen MR) is 79.1 cm³/mol. The molecule has 0 unspecified atom stereocenters. The predicted octanol–water partition coefficient (Wildman–Crippen LogP) is 3.84. The van der Waals surface area contributed by atoms with Crippen molar-refractivity contribution in [2.75, 3.05) is 0 Å². The summed E-state index contributed by atoms with van der Waals surface area (Å²) in [4.78, 5) is 11.4. The third-order valence-electron chi connectivity index (χ3n) is 3.51. The summed E-state index contributed by atoms with van der Waals surface area (Å²) in [7, 11) is 0. The van der Waals surface area contributed by atoms with Crippen molar-refractivity contribution >= 4 is 16.9 Å². The summed E-state index contributed by atoms with van der Waals surface area (Å²) in [6.07, 6.45) is 0. The molecule has 3 nitrogen and oxygen atoms in total. The van der Waals surface area contributed by atoms with Crippen LogP contribution in [0.15, 0.2) is 48.5 Å². The van der Waals surface area contributed by atoms with Gasteiger partial charge in [0.25, 0.3) is 0 Å². The summed E-state index contributed by atoms with van der Waals surface area (Å²) in [5, 5.41) is 10.3. The van der Waals surface area contributed by atoms with Crippen molar-refractivity contribution in [1.82, 2.24) is 4.57 Å². The van der Waals surface area contributed by atoms with Crippen LogP contribution in [0.25, 0.3) is 10.9 Å². The van der Waals surface area contributed by atoms with E-state index in [-0.39, 0.29) is 11.5 Å². The van der Waals surface area contributed by atoms with Gasteiger partial charge in [-0.25, -0.2) is 9.18 Å². The Morgan fingerprint density at radius 1 is 1.19 bits per heavy atom. The van der Waals surface area contributed by atoms with Gasteiger partial charge in [0.1, 0.15) is 11.5 Å². The average Bonchev–Trinajstić information content (AvgIpc) is 2.77. The highest BCUT2D eigenvalue weighted by Crippen LogP contribution is 2.23. The number of carboxylic acid groups (broad SMARTS) is 1. The number of rotatable bonds is 3. The molecule has 0 aliphatic rings. The first-order chi connectivity index (χ1) is 10.0. The van der Waals surface area contributed by atoms with Crippen LogP contribution in [0.1, 0.15) is 21.6 Å². The van der Waals surface area contributed by atoms with E-state index in [4.69, 9.17) is 0 Å². The van der Waals surface area contributed by atoms with E-state index in [9.17, 15) is 14.3 Å². The van der Waals surface area contributed by atoms with Gasteiger partial charge in [-0.2, -0.15) is 0 Å². The van der Waals surface area contributed by atoms with E-state index in [1.165, 1.54) is 12.1 Å². The minimum atomic E-state index is -0.986. The molecule has 1 aromatic heterocycles. The minimum absolute atomic E-state index is 0.208. The Morgan fingerprint density at radius 2 is 2.00 bits per heavy atom. The van der Waals surface area contributed by atoms with Gasteiger partial charge in [-0.05, 0) is 42.8 Å². The number of fused-ring (bicyclic) bond motifs is 1. The van der Waals surface area contributed by atoms with Crippen LogP contribution < -0.4 is 0 Å². The largest absolute Gasteiger partial charge is 0.477 e. The van der Waals surface area contributed by atoms with Gasteiger partial charge in [0, 0.05) is 17.4 Å². The van der Waals surface area contributed by atoms with E-state index in [0.717, 1.165) is 22.0 Å². The number of nitrogens with zero attached hydrogens (tertiary/aromatic N) is 1. The lowest BCUT2D eigenvalue weighted by Crippen LogP contribution is -2.09. The zero-order valence-corrected chi connectivity index (χ0v) is 11.5. The third-order valence-corrected chi connectivity index (χ3v) is 3.51. The first-order valence-electron chi connectivity index (χ1n) is 6.62. The molecule has 0 amide bonds. The maximum Gasteiger partial charge on any atom is 0.352 e. The second-order valence-electron chi connectivity index (χ2n) is 5.11. The number of aromatic carboxylic acids is 1. The Balaban J connectivity index is 2.15. The van der Waals surface area contributed by atoms with Gasteiger partial charge in [-0.3, -0.25) is 0 Å². The molecule has 3 aromatic rings. The summed E-state index contributed by atoms with van der Waals surface area (Å²) < 4.78 is 15.0. The number of carbonyl (C=O) groups is 1. The summed E-state index contributed by atoms with van der Waals surface area (Å²) in [5.74, 6) is -1.31. The van der Waals surface area contributed by atoms with Crippen LogP contribution in [0.2, 0.25) is 0 Å². The first-order valence-corrected chi connectivity index (χ1v) is 6.62. The quantitative estimate of drug-likeness (QED) is 0.793. The molecule has 1 N–H and O–H groups in total. The maximum absolute atomic E-state index is 13.3. The molecular weight excluding hydrogens is 269 g/mol. The fraction of sp³-hybridized carbons (Fsp3) is 0.118. The highest BCUT2D eigenvalue weighted by Gasteiger charge is 2.15. The average molecular weight is 283 g/mol. The van der Waals surface area contributed by atoms with Crippen molar-refractivity contribution < 1.29 is 14.3 Å². The van der Waals surface area contributed by atoms with Gasteiger partial charge in [0.2, 0.25) is 0 Å². The van der Waals surface area contributed by atoms with E-state index >= 15 is 0 Å². The number of aryl methyl sites for hydroxylation is 1. The molecular formula is C17H14FNO2. The molecule has 0 saturated carbocycles. The molecule has 0 saturated heterocycles. The Morgan fingerprint density at radius 3 is 2.71 bits per heavy atom. The number of aromatic nitrogens is 1. The molecule has 4 heteroatoms. The molecule has 2 aromatic carbocycles. The smallest absolute Gasteiger partial charge is 0.352 e. The van der Waals surface area contributed by atoms with Crippen molar-refractivity contribution in [3.63, 3.8) is 0 Å². The zero-order valence-electron chi connectivity index (χ0n) is 11.5. The molecule has 0 radical (unpaired) electrons. The van der Waals surface area contributed by atoms with Crippen molar-refractivity contribution in [3.8, 4) is 0 Å². The second kappa shape index (κ2) is 5.05. The Labute approximate surface area is 121 Å². The normalized spacial score (nSPS) is 11.0. The van der Waals surface area contributed by atoms with Gasteiger partial charge in [0.05, 0.1) is 0 Å². The number of hydrogen-bond donors (Lipinski definition) is 1. The Kier molecular flexibility index (Phi) is 3.22. The van der Waals surface area contributed by atoms with Gasteiger partial charge in [-0.15, -0.1) is 0 Å². The lowest BCUT2D eigenvalue weighted by atomic mass is 10.2. The number of hydrogen-bond acceptors (Lipinski definition) is 1. The van der Waals surface area contributed by atoms with Gasteiger partial charge in [-0.1, -0.05) is 23.8 Å². The van der Waals surface area contributed by atoms with Crippen molar-refractivity contribution in [3.05, 3.63) is 71.2 Å². The van der Waals surface area contributed by atoms with Crippen LogP contribution in [0.3, 0.4) is 0 Å². The Hall–Kier alpha value is -2.62. The lowest BCUT2D eigenvalue weighted by Gasteiger charge is -2.09. The molecule has 0 fully saturated rings. The van der Waals surface area contributed by atoms with Crippen LogP contribution >= 0.6 is 0 Å². The van der Waals surface area contributed by atoms with Crippen LogP contribution in [0.4, 0.5) is 4.39 Å². The molecule has 106 valence electrons. The minimum Gasteiger partial charge on any atom is -0.477 e. The molecule has 0 atom stereocenters. The van der Waals surface area contributed by atoms with Crippen molar-refractivity contribution in [2.45, 2.75) is 13.5 Å². The number of halogens is 1. The maximum atomic E-state index is 13.3. The van der Waals surface area contributed by atoms with Crippen molar-refractivity contribution in [1.29, 1.82) is 0 Å². The molecule has 21 heavy (non-hydrogen) atoms. The van der Waals surface area contributed by atoms with Crippen LogP contribution in [-0.2, 0) is 6.54 Å². The van der Waals surface area contributed by atoms with Crippen molar-refractivity contribution in [2.24, 2.45) is 0 Å². The van der Waals surface area contributed by atoms with E-state index < -0.39 is 5.97 Å².